The number of nitrogens with zero attached hydrogens (tertiary/aromatic N) is 1. The third kappa shape index (κ3) is 2.86. The molecule has 0 aliphatic heterocycles. The van der Waals surface area contributed by atoms with Gasteiger partial charge in [0.1, 0.15) is 0 Å². The highest BCUT2D eigenvalue weighted by molar-refractivity contribution is 5.32. The second kappa shape index (κ2) is 4.78. The van der Waals surface area contributed by atoms with E-state index in [0.717, 1.165) is 12.0 Å². The number of rotatable bonds is 3. The maximum Gasteiger partial charge on any atom is 0.0991 e. The van der Waals surface area contributed by atoms with Crippen LogP contribution in [0.1, 0.15) is 37.4 Å². The van der Waals surface area contributed by atoms with E-state index in [1.165, 1.54) is 0 Å². The van der Waals surface area contributed by atoms with Gasteiger partial charge in [-0.25, -0.2) is 0 Å². The van der Waals surface area contributed by atoms with Crippen molar-refractivity contribution in [2.24, 2.45) is 11.7 Å². The van der Waals surface area contributed by atoms with E-state index in [2.05, 4.69) is 19.9 Å². The fourth-order valence-corrected chi connectivity index (χ4v) is 1.45. The minimum Gasteiger partial charge on any atom is -0.324 e. The molecule has 1 aromatic rings. The number of hydrogen-bond acceptors (Lipinski definition) is 2. The van der Waals surface area contributed by atoms with Gasteiger partial charge in [0, 0.05) is 6.04 Å². The predicted molar refractivity (Wildman–Crippen MR) is 57.5 cm³/mol. The summed E-state index contributed by atoms with van der Waals surface area (Å²) in [6.45, 7) is 4.31. The Morgan fingerprint density at radius 2 is 1.86 bits per heavy atom. The van der Waals surface area contributed by atoms with Crippen molar-refractivity contribution in [3.63, 3.8) is 0 Å². The minimum atomic E-state index is 0.0859. The van der Waals surface area contributed by atoms with Crippen LogP contribution >= 0.6 is 0 Å². The number of benzene rings is 1. The molecule has 0 heterocycles. The summed E-state index contributed by atoms with van der Waals surface area (Å²) in [7, 11) is 0. The van der Waals surface area contributed by atoms with Crippen molar-refractivity contribution in [2.75, 3.05) is 0 Å². The molecule has 0 aromatic heterocycles. The van der Waals surface area contributed by atoms with Gasteiger partial charge in [0.25, 0.3) is 0 Å². The molecule has 0 radical (unpaired) electrons. The Morgan fingerprint density at radius 1 is 1.29 bits per heavy atom. The zero-order valence-corrected chi connectivity index (χ0v) is 8.70. The van der Waals surface area contributed by atoms with E-state index in [4.69, 9.17) is 11.0 Å². The number of hydrogen-bond donors (Lipinski definition) is 1. The van der Waals surface area contributed by atoms with Gasteiger partial charge in [-0.3, -0.25) is 0 Å². The highest BCUT2D eigenvalue weighted by Gasteiger charge is 2.07. The summed E-state index contributed by atoms with van der Waals surface area (Å²) in [5.74, 6) is 0.598. The first-order valence-corrected chi connectivity index (χ1v) is 4.89. The maximum absolute atomic E-state index is 8.63. The molecule has 2 nitrogen and oxygen atoms in total. The molecule has 0 amide bonds. The van der Waals surface area contributed by atoms with Crippen molar-refractivity contribution < 1.29 is 0 Å². The van der Waals surface area contributed by atoms with Gasteiger partial charge in [0.2, 0.25) is 0 Å². The van der Waals surface area contributed by atoms with Crippen LogP contribution in [0.4, 0.5) is 0 Å². The average molecular weight is 188 g/mol. The molecule has 14 heavy (non-hydrogen) atoms. The summed E-state index contributed by atoms with van der Waals surface area (Å²) in [6.07, 6.45) is 0.978. The Hall–Kier alpha value is -1.33. The molecular formula is C12H16N2. The van der Waals surface area contributed by atoms with Gasteiger partial charge in [-0.05, 0) is 30.0 Å². The number of nitriles is 1. The zero-order chi connectivity index (χ0) is 10.6. The second-order valence-corrected chi connectivity index (χ2v) is 3.97. The summed E-state index contributed by atoms with van der Waals surface area (Å²) >= 11 is 0. The molecule has 0 unspecified atom stereocenters. The quantitative estimate of drug-likeness (QED) is 0.792. The van der Waals surface area contributed by atoms with Crippen LogP contribution in [0.3, 0.4) is 0 Å². The second-order valence-electron chi connectivity index (χ2n) is 3.97. The van der Waals surface area contributed by atoms with Gasteiger partial charge in [0.05, 0.1) is 11.6 Å². The number of nitrogens with two attached hydrogens (primary N) is 1. The van der Waals surface area contributed by atoms with Crippen molar-refractivity contribution in [3.8, 4) is 6.07 Å². The molecule has 74 valence electrons. The van der Waals surface area contributed by atoms with Crippen molar-refractivity contribution in [2.45, 2.75) is 26.3 Å². The first-order chi connectivity index (χ1) is 6.63. The van der Waals surface area contributed by atoms with Crippen LogP contribution in [0.25, 0.3) is 0 Å². The fourth-order valence-electron chi connectivity index (χ4n) is 1.45. The van der Waals surface area contributed by atoms with E-state index >= 15 is 0 Å². The van der Waals surface area contributed by atoms with Gasteiger partial charge in [-0.2, -0.15) is 5.26 Å². The predicted octanol–water partition coefficient (Wildman–Crippen LogP) is 2.60. The Balaban J connectivity index is 2.72. The summed E-state index contributed by atoms with van der Waals surface area (Å²) in [5, 5.41) is 8.63. The van der Waals surface area contributed by atoms with E-state index in [1.54, 1.807) is 0 Å². The van der Waals surface area contributed by atoms with Gasteiger partial charge in [-0.1, -0.05) is 26.0 Å². The summed E-state index contributed by atoms with van der Waals surface area (Å²) in [6, 6.07) is 9.68. The molecule has 1 rings (SSSR count). The van der Waals surface area contributed by atoms with Crippen LogP contribution in [0.2, 0.25) is 0 Å². The van der Waals surface area contributed by atoms with E-state index in [-0.39, 0.29) is 6.04 Å². The molecule has 0 aliphatic carbocycles. The van der Waals surface area contributed by atoms with Crippen LogP contribution in [0.15, 0.2) is 24.3 Å². The smallest absolute Gasteiger partial charge is 0.0991 e. The first kappa shape index (κ1) is 10.7. The molecule has 0 fully saturated rings. The lowest BCUT2D eigenvalue weighted by Gasteiger charge is -2.14. The Kier molecular flexibility index (Phi) is 3.67. The molecule has 0 spiro atoms. The van der Waals surface area contributed by atoms with Crippen molar-refractivity contribution in [1.29, 1.82) is 5.26 Å². The van der Waals surface area contributed by atoms with Crippen LogP contribution in [0, 0.1) is 17.2 Å². The highest BCUT2D eigenvalue weighted by Crippen LogP contribution is 2.18. The summed E-state index contributed by atoms with van der Waals surface area (Å²) in [4.78, 5) is 0. The van der Waals surface area contributed by atoms with Crippen molar-refractivity contribution in [1.82, 2.24) is 0 Å². The Morgan fingerprint density at radius 3 is 2.29 bits per heavy atom. The molecule has 1 aromatic carbocycles. The van der Waals surface area contributed by atoms with Crippen LogP contribution < -0.4 is 5.73 Å². The molecule has 2 heteroatoms. The molecule has 1 atom stereocenters. The molecule has 0 saturated heterocycles. The first-order valence-electron chi connectivity index (χ1n) is 4.89. The van der Waals surface area contributed by atoms with Crippen molar-refractivity contribution >= 4 is 0 Å². The van der Waals surface area contributed by atoms with Gasteiger partial charge < -0.3 is 5.73 Å². The third-order valence-electron chi connectivity index (χ3n) is 2.19. The normalized spacial score (nSPS) is 12.5. The molecule has 0 aliphatic rings. The highest BCUT2D eigenvalue weighted by atomic mass is 14.6. The third-order valence-corrected chi connectivity index (χ3v) is 2.19. The van der Waals surface area contributed by atoms with Crippen molar-refractivity contribution in [3.05, 3.63) is 35.4 Å². The molecular weight excluding hydrogens is 172 g/mol. The van der Waals surface area contributed by atoms with Gasteiger partial charge >= 0.3 is 0 Å². The zero-order valence-electron chi connectivity index (χ0n) is 8.70. The molecule has 0 saturated carbocycles. The lowest BCUT2D eigenvalue weighted by Crippen LogP contribution is -2.12. The minimum absolute atomic E-state index is 0.0859. The lowest BCUT2D eigenvalue weighted by molar-refractivity contribution is 0.510. The average Bonchev–Trinajstić information content (AvgIpc) is 2.17. The van der Waals surface area contributed by atoms with E-state index in [9.17, 15) is 0 Å². The monoisotopic (exact) mass is 188 g/mol. The molecule has 0 bridgehead atoms. The lowest BCUT2D eigenvalue weighted by atomic mass is 9.97. The van der Waals surface area contributed by atoms with E-state index in [1.807, 2.05) is 24.3 Å². The Bertz CT molecular complexity index is 319. The maximum atomic E-state index is 8.63. The van der Waals surface area contributed by atoms with Crippen LogP contribution in [-0.2, 0) is 0 Å². The standard InChI is InChI=1S/C12H16N2/c1-9(2)7-12(14)11-5-3-10(8-13)4-6-11/h3-6,9,12H,7,14H2,1-2H3/t12-/m0/s1. The SMILES string of the molecule is CC(C)C[C@H](N)c1ccc(C#N)cc1. The van der Waals surface area contributed by atoms with Crippen LogP contribution in [-0.4, -0.2) is 0 Å². The Labute approximate surface area is 85.4 Å². The largest absolute Gasteiger partial charge is 0.324 e. The summed E-state index contributed by atoms with van der Waals surface area (Å²) in [5.41, 5.74) is 7.80. The van der Waals surface area contributed by atoms with Gasteiger partial charge in [-0.15, -0.1) is 0 Å². The van der Waals surface area contributed by atoms with E-state index in [0.29, 0.717) is 11.5 Å². The topological polar surface area (TPSA) is 49.8 Å². The van der Waals surface area contributed by atoms with Crippen LogP contribution in [0.5, 0.6) is 0 Å². The van der Waals surface area contributed by atoms with E-state index < -0.39 is 0 Å². The summed E-state index contributed by atoms with van der Waals surface area (Å²) < 4.78 is 0. The van der Waals surface area contributed by atoms with Gasteiger partial charge in [0.15, 0.2) is 0 Å². The molecule has 2 N–H and O–H groups in total. The fraction of sp³-hybridized carbons (Fsp3) is 0.417.